The van der Waals surface area contributed by atoms with Gasteiger partial charge in [-0.25, -0.2) is 0 Å². The summed E-state index contributed by atoms with van der Waals surface area (Å²) in [6.07, 6.45) is -0.653. The Morgan fingerprint density at radius 3 is 2.00 bits per heavy atom. The highest BCUT2D eigenvalue weighted by Gasteiger charge is 2.20. The van der Waals surface area contributed by atoms with Crippen molar-refractivity contribution in [2.24, 2.45) is 0 Å². The van der Waals surface area contributed by atoms with Crippen molar-refractivity contribution in [3.05, 3.63) is 0 Å². The van der Waals surface area contributed by atoms with E-state index in [1.165, 1.54) is 7.11 Å². The first-order chi connectivity index (χ1) is 7.24. The molecule has 0 N–H and O–H groups in total. The average molecular weight is 230 g/mol. The standard InChI is InChI=1S/C11H18O5/c1-11(2,3)16-10(14)6-8(12)5-9(13)7-15-4/h5-7H2,1-4H3. The minimum Gasteiger partial charge on any atom is -0.460 e. The van der Waals surface area contributed by atoms with Gasteiger partial charge in [-0.3, -0.25) is 14.4 Å². The van der Waals surface area contributed by atoms with E-state index >= 15 is 0 Å². The molecular formula is C11H18O5. The van der Waals surface area contributed by atoms with Gasteiger partial charge in [0.05, 0.1) is 6.42 Å². The number of hydrogen-bond acceptors (Lipinski definition) is 5. The van der Waals surface area contributed by atoms with Crippen LogP contribution < -0.4 is 0 Å². The van der Waals surface area contributed by atoms with Gasteiger partial charge < -0.3 is 9.47 Å². The van der Waals surface area contributed by atoms with Gasteiger partial charge in [0.15, 0.2) is 11.6 Å². The number of Topliss-reactive ketones (excluding diaryl/α,β-unsaturated/α-hetero) is 2. The van der Waals surface area contributed by atoms with Crippen LogP contribution in [-0.2, 0) is 23.9 Å². The van der Waals surface area contributed by atoms with E-state index in [-0.39, 0.29) is 25.2 Å². The Morgan fingerprint density at radius 1 is 1.00 bits per heavy atom. The van der Waals surface area contributed by atoms with Gasteiger partial charge in [0.1, 0.15) is 18.6 Å². The summed E-state index contributed by atoms with van der Waals surface area (Å²) in [5.74, 6) is -1.39. The molecule has 0 aliphatic rings. The van der Waals surface area contributed by atoms with E-state index < -0.39 is 17.4 Å². The normalized spacial score (nSPS) is 11.0. The van der Waals surface area contributed by atoms with Crippen molar-refractivity contribution in [3.8, 4) is 0 Å². The lowest BCUT2D eigenvalue weighted by atomic mass is 10.1. The quantitative estimate of drug-likeness (QED) is 0.500. The highest BCUT2D eigenvalue weighted by atomic mass is 16.6. The Bertz CT molecular complexity index is 275. The smallest absolute Gasteiger partial charge is 0.313 e. The predicted octanol–water partition coefficient (Wildman–Crippen LogP) is 0.893. The van der Waals surface area contributed by atoms with Crippen LogP contribution in [0, 0.1) is 0 Å². The Morgan fingerprint density at radius 2 is 1.56 bits per heavy atom. The molecule has 0 amide bonds. The van der Waals surface area contributed by atoms with Gasteiger partial charge in [-0.2, -0.15) is 0 Å². The Hall–Kier alpha value is -1.23. The number of ether oxygens (including phenoxy) is 2. The maximum absolute atomic E-state index is 11.2. The number of ketones is 2. The first-order valence-corrected chi connectivity index (χ1v) is 4.99. The molecule has 5 heteroatoms. The van der Waals surface area contributed by atoms with Crippen LogP contribution in [-0.4, -0.2) is 36.9 Å². The van der Waals surface area contributed by atoms with Crippen molar-refractivity contribution >= 4 is 17.5 Å². The predicted molar refractivity (Wildman–Crippen MR) is 57.0 cm³/mol. The highest BCUT2D eigenvalue weighted by molar-refractivity contribution is 6.05. The average Bonchev–Trinajstić information content (AvgIpc) is 1.98. The summed E-state index contributed by atoms with van der Waals surface area (Å²) in [4.78, 5) is 33.5. The molecule has 5 nitrogen and oxygen atoms in total. The van der Waals surface area contributed by atoms with E-state index in [1.807, 2.05) is 0 Å². The summed E-state index contributed by atoms with van der Waals surface area (Å²) in [6.45, 7) is 5.03. The Labute approximate surface area is 95.1 Å². The fraction of sp³-hybridized carbons (Fsp3) is 0.727. The summed E-state index contributed by atoms with van der Waals surface area (Å²) in [5.41, 5.74) is -0.617. The van der Waals surface area contributed by atoms with Crippen LogP contribution >= 0.6 is 0 Å². The molecule has 0 bridgehead atoms. The third kappa shape index (κ3) is 8.11. The van der Waals surface area contributed by atoms with Crippen LogP contribution in [0.5, 0.6) is 0 Å². The molecule has 0 aromatic heterocycles. The largest absolute Gasteiger partial charge is 0.460 e. The van der Waals surface area contributed by atoms with Crippen LogP contribution in [0.3, 0.4) is 0 Å². The highest BCUT2D eigenvalue weighted by Crippen LogP contribution is 2.08. The van der Waals surface area contributed by atoms with E-state index in [0.29, 0.717) is 0 Å². The minimum atomic E-state index is -0.617. The van der Waals surface area contributed by atoms with Gasteiger partial charge in [-0.05, 0) is 20.8 Å². The lowest BCUT2D eigenvalue weighted by Gasteiger charge is -2.19. The van der Waals surface area contributed by atoms with E-state index in [4.69, 9.17) is 4.74 Å². The molecule has 0 aromatic carbocycles. The van der Waals surface area contributed by atoms with E-state index in [0.717, 1.165) is 0 Å². The summed E-state index contributed by atoms with van der Waals surface area (Å²) < 4.78 is 9.52. The maximum atomic E-state index is 11.2. The first kappa shape index (κ1) is 14.8. The molecule has 0 aliphatic carbocycles. The zero-order valence-electron chi connectivity index (χ0n) is 10.2. The molecule has 0 unspecified atom stereocenters. The zero-order chi connectivity index (χ0) is 12.8. The fourth-order valence-corrected chi connectivity index (χ4v) is 1.03. The number of hydrogen-bond donors (Lipinski definition) is 0. The third-order valence-electron chi connectivity index (χ3n) is 1.46. The molecule has 92 valence electrons. The molecule has 16 heavy (non-hydrogen) atoms. The molecule has 0 spiro atoms. The topological polar surface area (TPSA) is 69.7 Å². The van der Waals surface area contributed by atoms with E-state index in [1.54, 1.807) is 20.8 Å². The molecule has 0 radical (unpaired) electrons. The molecule has 0 aromatic rings. The lowest BCUT2D eigenvalue weighted by molar-refractivity contribution is -0.156. The minimum absolute atomic E-state index is 0.111. The van der Waals surface area contributed by atoms with Crippen molar-refractivity contribution in [1.82, 2.24) is 0 Å². The number of carbonyl (C=O) groups is 3. The van der Waals surface area contributed by atoms with Crippen LogP contribution in [0.4, 0.5) is 0 Å². The van der Waals surface area contributed by atoms with Gasteiger partial charge in [-0.1, -0.05) is 0 Å². The molecule has 0 heterocycles. The third-order valence-corrected chi connectivity index (χ3v) is 1.46. The van der Waals surface area contributed by atoms with Crippen molar-refractivity contribution < 1.29 is 23.9 Å². The first-order valence-electron chi connectivity index (χ1n) is 4.99. The van der Waals surface area contributed by atoms with Crippen molar-refractivity contribution in [2.45, 2.75) is 39.2 Å². The second-order valence-electron chi connectivity index (χ2n) is 4.45. The number of esters is 1. The second kappa shape index (κ2) is 6.37. The van der Waals surface area contributed by atoms with Crippen LogP contribution in [0.25, 0.3) is 0 Å². The number of methoxy groups -OCH3 is 1. The molecule has 0 rings (SSSR count). The van der Waals surface area contributed by atoms with Crippen molar-refractivity contribution in [2.75, 3.05) is 13.7 Å². The lowest BCUT2D eigenvalue weighted by Crippen LogP contribution is -2.26. The SMILES string of the molecule is COCC(=O)CC(=O)CC(=O)OC(C)(C)C. The molecule has 0 atom stereocenters. The Balaban J connectivity index is 3.97. The number of rotatable bonds is 6. The van der Waals surface area contributed by atoms with Crippen molar-refractivity contribution in [1.29, 1.82) is 0 Å². The summed E-state index contributed by atoms with van der Waals surface area (Å²) in [7, 11) is 1.37. The molecule has 0 saturated heterocycles. The van der Waals surface area contributed by atoms with Gasteiger partial charge in [-0.15, -0.1) is 0 Å². The van der Waals surface area contributed by atoms with Crippen LogP contribution in [0.2, 0.25) is 0 Å². The zero-order valence-corrected chi connectivity index (χ0v) is 10.2. The summed E-state index contributed by atoms with van der Waals surface area (Å²) in [6, 6.07) is 0. The van der Waals surface area contributed by atoms with Crippen molar-refractivity contribution in [3.63, 3.8) is 0 Å². The number of carbonyl (C=O) groups excluding carboxylic acids is 3. The monoisotopic (exact) mass is 230 g/mol. The van der Waals surface area contributed by atoms with Gasteiger partial charge in [0.2, 0.25) is 0 Å². The van der Waals surface area contributed by atoms with E-state index in [9.17, 15) is 14.4 Å². The summed E-state index contributed by atoms with van der Waals surface area (Å²) in [5, 5.41) is 0. The van der Waals surface area contributed by atoms with Crippen LogP contribution in [0.15, 0.2) is 0 Å². The van der Waals surface area contributed by atoms with Gasteiger partial charge in [0, 0.05) is 7.11 Å². The fourth-order valence-electron chi connectivity index (χ4n) is 1.03. The summed E-state index contributed by atoms with van der Waals surface area (Å²) >= 11 is 0. The Kier molecular flexibility index (Phi) is 5.88. The van der Waals surface area contributed by atoms with Gasteiger partial charge >= 0.3 is 5.97 Å². The van der Waals surface area contributed by atoms with Gasteiger partial charge in [0.25, 0.3) is 0 Å². The molecule has 0 saturated carbocycles. The maximum Gasteiger partial charge on any atom is 0.313 e. The molecule has 0 fully saturated rings. The molecular weight excluding hydrogens is 212 g/mol. The van der Waals surface area contributed by atoms with Crippen LogP contribution in [0.1, 0.15) is 33.6 Å². The molecule has 0 aliphatic heterocycles. The second-order valence-corrected chi connectivity index (χ2v) is 4.45. The van der Waals surface area contributed by atoms with E-state index in [2.05, 4.69) is 4.74 Å².